The van der Waals surface area contributed by atoms with Crippen molar-refractivity contribution in [3.8, 4) is 0 Å². The number of aromatic nitrogens is 1. The summed E-state index contributed by atoms with van der Waals surface area (Å²) in [5.74, 6) is -0.191. The Morgan fingerprint density at radius 2 is 2.00 bits per heavy atom. The molecule has 0 saturated heterocycles. The van der Waals surface area contributed by atoms with E-state index in [1.54, 1.807) is 12.1 Å². The summed E-state index contributed by atoms with van der Waals surface area (Å²) in [7, 11) is 0. The van der Waals surface area contributed by atoms with E-state index in [2.05, 4.69) is 28.5 Å². The lowest BCUT2D eigenvalue weighted by Gasteiger charge is -2.15. The largest absolute Gasteiger partial charge is 0.361 e. The quantitative estimate of drug-likeness (QED) is 0.730. The number of halogens is 1. The van der Waals surface area contributed by atoms with Gasteiger partial charge in [-0.15, -0.1) is 0 Å². The molecule has 3 aromatic rings. The molecule has 0 aliphatic rings. The zero-order chi connectivity index (χ0) is 13.9. The Hall–Kier alpha value is -2.13. The van der Waals surface area contributed by atoms with Crippen LogP contribution in [0.1, 0.15) is 24.1 Å². The topological polar surface area (TPSA) is 27.8 Å². The Bertz CT molecular complexity index is 718. The van der Waals surface area contributed by atoms with Gasteiger partial charge < -0.3 is 10.3 Å². The van der Waals surface area contributed by atoms with Crippen molar-refractivity contribution in [2.45, 2.75) is 19.5 Å². The molecule has 2 N–H and O–H groups in total. The fraction of sp³-hybridized carbons (Fsp3) is 0.176. The molecule has 0 spiro atoms. The standard InChI is InChI=1S/C17H17FN2/c1-12(13-4-2-6-15(18)10-13)20-11-14-5-3-7-17-16(14)8-9-19-17/h2-10,12,19-20H,11H2,1H3/t12-/m0/s1. The highest BCUT2D eigenvalue weighted by molar-refractivity contribution is 5.82. The van der Waals surface area contributed by atoms with Gasteiger partial charge in [0, 0.05) is 29.7 Å². The van der Waals surface area contributed by atoms with Gasteiger partial charge in [-0.1, -0.05) is 24.3 Å². The molecule has 2 aromatic carbocycles. The highest BCUT2D eigenvalue weighted by Crippen LogP contribution is 2.19. The van der Waals surface area contributed by atoms with E-state index in [1.807, 2.05) is 25.3 Å². The third-order valence-electron chi connectivity index (χ3n) is 3.63. The minimum absolute atomic E-state index is 0.111. The summed E-state index contributed by atoms with van der Waals surface area (Å²) >= 11 is 0. The van der Waals surface area contributed by atoms with Crippen molar-refractivity contribution in [3.63, 3.8) is 0 Å². The van der Waals surface area contributed by atoms with Gasteiger partial charge in [0.15, 0.2) is 0 Å². The zero-order valence-corrected chi connectivity index (χ0v) is 11.4. The fourth-order valence-electron chi connectivity index (χ4n) is 2.46. The maximum absolute atomic E-state index is 13.2. The van der Waals surface area contributed by atoms with Gasteiger partial charge >= 0.3 is 0 Å². The molecule has 1 atom stereocenters. The summed E-state index contributed by atoms with van der Waals surface area (Å²) in [6.45, 7) is 2.80. The highest BCUT2D eigenvalue weighted by Gasteiger charge is 2.07. The van der Waals surface area contributed by atoms with Gasteiger partial charge in [0.25, 0.3) is 0 Å². The van der Waals surface area contributed by atoms with Gasteiger partial charge in [0.2, 0.25) is 0 Å². The Labute approximate surface area is 117 Å². The average molecular weight is 268 g/mol. The lowest BCUT2D eigenvalue weighted by molar-refractivity contribution is 0.566. The van der Waals surface area contributed by atoms with E-state index >= 15 is 0 Å². The van der Waals surface area contributed by atoms with Crippen LogP contribution < -0.4 is 5.32 Å². The first-order chi connectivity index (χ1) is 9.74. The second-order valence-electron chi connectivity index (χ2n) is 5.01. The predicted octanol–water partition coefficient (Wildman–Crippen LogP) is 4.16. The molecular weight excluding hydrogens is 251 g/mol. The van der Waals surface area contributed by atoms with E-state index in [0.29, 0.717) is 0 Å². The molecule has 0 fully saturated rings. The number of H-pyrrole nitrogens is 1. The molecular formula is C17H17FN2. The number of benzene rings is 2. The van der Waals surface area contributed by atoms with Crippen LogP contribution in [0.15, 0.2) is 54.7 Å². The predicted molar refractivity (Wildman–Crippen MR) is 80.0 cm³/mol. The minimum atomic E-state index is -0.191. The van der Waals surface area contributed by atoms with Crippen LogP contribution in [0, 0.1) is 5.82 Å². The Kier molecular flexibility index (Phi) is 3.52. The summed E-state index contributed by atoms with van der Waals surface area (Å²) in [6, 6.07) is 15.1. The smallest absolute Gasteiger partial charge is 0.123 e. The molecule has 20 heavy (non-hydrogen) atoms. The van der Waals surface area contributed by atoms with E-state index in [1.165, 1.54) is 17.0 Å². The molecule has 0 aliphatic heterocycles. The van der Waals surface area contributed by atoms with Crippen LogP contribution >= 0.6 is 0 Å². The summed E-state index contributed by atoms with van der Waals surface area (Å²) < 4.78 is 13.2. The van der Waals surface area contributed by atoms with Crippen molar-refractivity contribution < 1.29 is 4.39 Å². The molecule has 102 valence electrons. The third-order valence-corrected chi connectivity index (χ3v) is 3.63. The molecule has 1 aromatic heterocycles. The molecule has 3 rings (SSSR count). The van der Waals surface area contributed by atoms with Gasteiger partial charge in [0.05, 0.1) is 0 Å². The second-order valence-corrected chi connectivity index (χ2v) is 5.01. The lowest BCUT2D eigenvalue weighted by atomic mass is 10.1. The van der Waals surface area contributed by atoms with Gasteiger partial charge in [0.1, 0.15) is 5.82 Å². The molecule has 0 unspecified atom stereocenters. The van der Waals surface area contributed by atoms with Crippen molar-refractivity contribution in [3.05, 3.63) is 71.7 Å². The monoisotopic (exact) mass is 268 g/mol. The van der Waals surface area contributed by atoms with Crippen molar-refractivity contribution in [1.82, 2.24) is 10.3 Å². The number of fused-ring (bicyclic) bond motifs is 1. The molecule has 0 aliphatic carbocycles. The summed E-state index contributed by atoms with van der Waals surface area (Å²) in [5, 5.41) is 4.67. The molecule has 0 radical (unpaired) electrons. The summed E-state index contributed by atoms with van der Waals surface area (Å²) in [5.41, 5.74) is 3.35. The van der Waals surface area contributed by atoms with Gasteiger partial charge in [-0.05, 0) is 42.3 Å². The molecule has 0 saturated carbocycles. The fourth-order valence-corrected chi connectivity index (χ4v) is 2.46. The molecule has 2 nitrogen and oxygen atoms in total. The van der Waals surface area contributed by atoms with Crippen LogP contribution in [0.2, 0.25) is 0 Å². The normalized spacial score (nSPS) is 12.7. The van der Waals surface area contributed by atoms with Gasteiger partial charge in [-0.2, -0.15) is 0 Å². The van der Waals surface area contributed by atoms with E-state index in [4.69, 9.17) is 0 Å². The first-order valence-electron chi connectivity index (χ1n) is 6.78. The van der Waals surface area contributed by atoms with E-state index in [-0.39, 0.29) is 11.9 Å². The van der Waals surface area contributed by atoms with E-state index in [9.17, 15) is 4.39 Å². The summed E-state index contributed by atoms with van der Waals surface area (Å²) in [6.07, 6.45) is 1.95. The van der Waals surface area contributed by atoms with Crippen LogP contribution in [0.4, 0.5) is 4.39 Å². The summed E-state index contributed by atoms with van der Waals surface area (Å²) in [4.78, 5) is 3.21. The number of nitrogens with one attached hydrogen (secondary N) is 2. The Morgan fingerprint density at radius 3 is 2.85 bits per heavy atom. The zero-order valence-electron chi connectivity index (χ0n) is 11.4. The number of hydrogen-bond donors (Lipinski definition) is 2. The molecule has 0 bridgehead atoms. The molecule has 0 amide bonds. The van der Waals surface area contributed by atoms with Crippen LogP contribution in [0.3, 0.4) is 0 Å². The highest BCUT2D eigenvalue weighted by atomic mass is 19.1. The second kappa shape index (κ2) is 5.47. The minimum Gasteiger partial charge on any atom is -0.361 e. The van der Waals surface area contributed by atoms with Gasteiger partial charge in [-0.25, -0.2) is 4.39 Å². The number of aromatic amines is 1. The van der Waals surface area contributed by atoms with Gasteiger partial charge in [-0.3, -0.25) is 0 Å². The molecule has 3 heteroatoms. The van der Waals surface area contributed by atoms with Crippen molar-refractivity contribution in [2.75, 3.05) is 0 Å². The average Bonchev–Trinajstić information content (AvgIpc) is 2.93. The van der Waals surface area contributed by atoms with Crippen LogP contribution in [-0.2, 0) is 6.54 Å². The van der Waals surface area contributed by atoms with Crippen molar-refractivity contribution in [2.24, 2.45) is 0 Å². The van der Waals surface area contributed by atoms with Crippen LogP contribution in [0.25, 0.3) is 10.9 Å². The maximum Gasteiger partial charge on any atom is 0.123 e. The number of hydrogen-bond acceptors (Lipinski definition) is 1. The Balaban J connectivity index is 1.74. The SMILES string of the molecule is C[C@H](NCc1cccc2[nH]ccc12)c1cccc(F)c1. The van der Waals surface area contributed by atoms with Crippen LogP contribution in [0.5, 0.6) is 0 Å². The maximum atomic E-state index is 13.2. The van der Waals surface area contributed by atoms with Crippen LogP contribution in [-0.4, -0.2) is 4.98 Å². The third kappa shape index (κ3) is 2.58. The first kappa shape index (κ1) is 12.9. The lowest BCUT2D eigenvalue weighted by Crippen LogP contribution is -2.18. The molecule has 1 heterocycles. The van der Waals surface area contributed by atoms with Crippen molar-refractivity contribution >= 4 is 10.9 Å². The van der Waals surface area contributed by atoms with Crippen molar-refractivity contribution in [1.29, 1.82) is 0 Å². The first-order valence-corrected chi connectivity index (χ1v) is 6.78. The Morgan fingerprint density at radius 1 is 1.15 bits per heavy atom. The van der Waals surface area contributed by atoms with E-state index in [0.717, 1.165) is 17.6 Å². The van der Waals surface area contributed by atoms with E-state index < -0.39 is 0 Å². The number of rotatable bonds is 4.